The van der Waals surface area contributed by atoms with Gasteiger partial charge < -0.3 is 20.0 Å². The van der Waals surface area contributed by atoms with Gasteiger partial charge in [-0.25, -0.2) is 14.8 Å². The lowest BCUT2D eigenvalue weighted by Gasteiger charge is -2.34. The Labute approximate surface area is 166 Å². The molecule has 0 spiro atoms. The second kappa shape index (κ2) is 9.01. The van der Waals surface area contributed by atoms with Crippen LogP contribution in [-0.2, 0) is 0 Å². The van der Waals surface area contributed by atoms with E-state index < -0.39 is 0 Å². The molecule has 2 amide bonds. The Morgan fingerprint density at radius 1 is 1.00 bits per heavy atom. The third-order valence-electron chi connectivity index (χ3n) is 5.65. The van der Waals surface area contributed by atoms with Crippen molar-refractivity contribution in [3.05, 3.63) is 54.4 Å². The molecule has 0 aliphatic carbocycles. The monoisotopic (exact) mass is 380 g/mol. The molecule has 2 fully saturated rings. The third kappa shape index (κ3) is 4.59. The first-order valence-electron chi connectivity index (χ1n) is 10.1. The second-order valence-corrected chi connectivity index (χ2v) is 7.45. The molecule has 4 rings (SSSR count). The standard InChI is InChI=1S/C21H28N6O/c28-21(27-15-13-26(14-16-27)20-22-8-4-9-23-20)24-10-12-25-11-7-19(17-25)18-5-2-1-3-6-18/h1-6,8-9,19H,7,10-17H2,(H,24,28)/t19-/m1/s1. The molecule has 2 aliphatic heterocycles. The highest BCUT2D eigenvalue weighted by atomic mass is 16.2. The summed E-state index contributed by atoms with van der Waals surface area (Å²) >= 11 is 0. The van der Waals surface area contributed by atoms with Gasteiger partial charge in [0.05, 0.1) is 0 Å². The normalized spacial score (nSPS) is 20.4. The largest absolute Gasteiger partial charge is 0.337 e. The maximum absolute atomic E-state index is 12.4. The number of anilines is 1. The van der Waals surface area contributed by atoms with Gasteiger partial charge in [0.15, 0.2) is 0 Å². The van der Waals surface area contributed by atoms with Crippen LogP contribution in [0.5, 0.6) is 0 Å². The average Bonchev–Trinajstić information content (AvgIpc) is 3.24. The summed E-state index contributed by atoms with van der Waals surface area (Å²) in [6, 6.07) is 12.6. The highest BCUT2D eigenvalue weighted by molar-refractivity contribution is 5.74. The van der Waals surface area contributed by atoms with Crippen LogP contribution in [0.25, 0.3) is 0 Å². The summed E-state index contributed by atoms with van der Waals surface area (Å²) in [6.45, 7) is 6.72. The van der Waals surface area contributed by atoms with Crippen molar-refractivity contribution in [2.45, 2.75) is 12.3 Å². The van der Waals surface area contributed by atoms with E-state index in [1.54, 1.807) is 12.4 Å². The number of carbonyl (C=O) groups is 1. The number of hydrogen-bond acceptors (Lipinski definition) is 5. The van der Waals surface area contributed by atoms with E-state index in [4.69, 9.17) is 0 Å². The molecule has 7 nitrogen and oxygen atoms in total. The Balaban J connectivity index is 1.16. The third-order valence-corrected chi connectivity index (χ3v) is 5.65. The Kier molecular flexibility index (Phi) is 6.01. The van der Waals surface area contributed by atoms with Gasteiger partial charge in [0.25, 0.3) is 0 Å². The molecule has 148 valence electrons. The van der Waals surface area contributed by atoms with Crippen molar-refractivity contribution >= 4 is 12.0 Å². The first-order valence-corrected chi connectivity index (χ1v) is 10.1. The fraction of sp³-hybridized carbons (Fsp3) is 0.476. The molecule has 0 unspecified atom stereocenters. The van der Waals surface area contributed by atoms with Gasteiger partial charge in [-0.05, 0) is 30.5 Å². The highest BCUT2D eigenvalue weighted by Gasteiger charge is 2.25. The molecule has 2 aliphatic rings. The number of nitrogens with zero attached hydrogens (tertiary/aromatic N) is 5. The van der Waals surface area contributed by atoms with Crippen LogP contribution in [0.1, 0.15) is 17.9 Å². The van der Waals surface area contributed by atoms with Crippen LogP contribution in [0.4, 0.5) is 10.7 Å². The number of rotatable bonds is 5. The fourth-order valence-electron chi connectivity index (χ4n) is 4.03. The number of aromatic nitrogens is 2. The van der Waals surface area contributed by atoms with E-state index in [0.29, 0.717) is 25.6 Å². The quantitative estimate of drug-likeness (QED) is 0.857. The van der Waals surface area contributed by atoms with Crippen molar-refractivity contribution in [2.75, 3.05) is 57.3 Å². The molecule has 1 atom stereocenters. The summed E-state index contributed by atoms with van der Waals surface area (Å²) in [7, 11) is 0. The number of piperazine rings is 1. The van der Waals surface area contributed by atoms with Gasteiger partial charge in [0, 0.05) is 58.2 Å². The lowest BCUT2D eigenvalue weighted by atomic mass is 9.99. The number of carbonyl (C=O) groups excluding carboxylic acids is 1. The first-order chi connectivity index (χ1) is 13.8. The maximum atomic E-state index is 12.4. The van der Waals surface area contributed by atoms with Gasteiger partial charge in [-0.2, -0.15) is 0 Å². The molecule has 2 saturated heterocycles. The van der Waals surface area contributed by atoms with Crippen molar-refractivity contribution in [2.24, 2.45) is 0 Å². The predicted molar refractivity (Wildman–Crippen MR) is 109 cm³/mol. The zero-order chi connectivity index (χ0) is 19.2. The molecule has 28 heavy (non-hydrogen) atoms. The topological polar surface area (TPSA) is 64.6 Å². The van der Waals surface area contributed by atoms with Crippen LogP contribution < -0.4 is 10.2 Å². The molecule has 1 aromatic carbocycles. The minimum absolute atomic E-state index is 0.0347. The zero-order valence-electron chi connectivity index (χ0n) is 16.2. The SMILES string of the molecule is O=C(NCCN1CC[C@@H](c2ccccc2)C1)N1CCN(c2ncccn2)CC1. The van der Waals surface area contributed by atoms with E-state index in [9.17, 15) is 4.79 Å². The Hall–Kier alpha value is -2.67. The molecule has 0 bridgehead atoms. The van der Waals surface area contributed by atoms with Crippen molar-refractivity contribution in [1.29, 1.82) is 0 Å². The summed E-state index contributed by atoms with van der Waals surface area (Å²) in [5.74, 6) is 1.36. The summed E-state index contributed by atoms with van der Waals surface area (Å²) in [6.07, 6.45) is 4.70. The van der Waals surface area contributed by atoms with Crippen LogP contribution in [0.15, 0.2) is 48.8 Å². The predicted octanol–water partition coefficient (Wildman–Crippen LogP) is 1.80. The van der Waals surface area contributed by atoms with E-state index in [0.717, 1.165) is 38.7 Å². The molecule has 7 heteroatoms. The summed E-state index contributed by atoms with van der Waals surface area (Å²) in [5.41, 5.74) is 1.43. The van der Waals surface area contributed by atoms with E-state index >= 15 is 0 Å². The first kappa shape index (κ1) is 18.7. The van der Waals surface area contributed by atoms with Crippen molar-refractivity contribution in [1.82, 2.24) is 25.1 Å². The Bertz CT molecular complexity index is 748. The van der Waals surface area contributed by atoms with Gasteiger partial charge in [-0.3, -0.25) is 0 Å². The lowest BCUT2D eigenvalue weighted by molar-refractivity contribution is 0.192. The fourth-order valence-corrected chi connectivity index (χ4v) is 4.03. The Morgan fingerprint density at radius 3 is 2.50 bits per heavy atom. The molecule has 1 aromatic heterocycles. The molecule has 0 saturated carbocycles. The van der Waals surface area contributed by atoms with Crippen molar-refractivity contribution in [3.8, 4) is 0 Å². The van der Waals surface area contributed by atoms with Gasteiger partial charge in [0.1, 0.15) is 0 Å². The highest BCUT2D eigenvalue weighted by Crippen LogP contribution is 2.26. The van der Waals surface area contributed by atoms with E-state index in [1.165, 1.54) is 12.0 Å². The second-order valence-electron chi connectivity index (χ2n) is 7.45. The molecule has 1 N–H and O–H groups in total. The van der Waals surface area contributed by atoms with Crippen LogP contribution in [-0.4, -0.2) is 78.2 Å². The van der Waals surface area contributed by atoms with Gasteiger partial charge in [0.2, 0.25) is 5.95 Å². The smallest absolute Gasteiger partial charge is 0.317 e. The zero-order valence-corrected chi connectivity index (χ0v) is 16.2. The Morgan fingerprint density at radius 2 is 1.75 bits per heavy atom. The van der Waals surface area contributed by atoms with Crippen molar-refractivity contribution < 1.29 is 4.79 Å². The summed E-state index contributed by atoms with van der Waals surface area (Å²) in [5, 5.41) is 3.08. The molecular weight excluding hydrogens is 352 g/mol. The van der Waals surface area contributed by atoms with E-state index in [1.807, 2.05) is 11.0 Å². The number of benzene rings is 1. The maximum Gasteiger partial charge on any atom is 0.317 e. The van der Waals surface area contributed by atoms with Crippen LogP contribution in [0.3, 0.4) is 0 Å². The minimum atomic E-state index is 0.0347. The number of urea groups is 1. The number of likely N-dealkylation sites (tertiary alicyclic amines) is 1. The van der Waals surface area contributed by atoms with Crippen LogP contribution >= 0.6 is 0 Å². The average molecular weight is 380 g/mol. The van der Waals surface area contributed by atoms with Crippen LogP contribution in [0.2, 0.25) is 0 Å². The lowest BCUT2D eigenvalue weighted by Crippen LogP contribution is -2.52. The summed E-state index contributed by atoms with van der Waals surface area (Å²) < 4.78 is 0. The molecule has 2 aromatic rings. The van der Waals surface area contributed by atoms with Crippen LogP contribution in [0, 0.1) is 0 Å². The molecule has 0 radical (unpaired) electrons. The minimum Gasteiger partial charge on any atom is -0.337 e. The summed E-state index contributed by atoms with van der Waals surface area (Å²) in [4.78, 5) is 27.5. The van der Waals surface area contributed by atoms with E-state index in [-0.39, 0.29) is 6.03 Å². The molecular formula is C21H28N6O. The number of hydrogen-bond donors (Lipinski definition) is 1. The van der Waals surface area contributed by atoms with E-state index in [2.05, 4.69) is 55.4 Å². The van der Waals surface area contributed by atoms with Crippen molar-refractivity contribution in [3.63, 3.8) is 0 Å². The van der Waals surface area contributed by atoms with Gasteiger partial charge in [-0.1, -0.05) is 30.3 Å². The number of nitrogens with one attached hydrogen (secondary N) is 1. The molecule has 3 heterocycles. The van der Waals surface area contributed by atoms with Gasteiger partial charge in [-0.15, -0.1) is 0 Å². The number of amides is 2. The van der Waals surface area contributed by atoms with Gasteiger partial charge >= 0.3 is 6.03 Å².